The highest BCUT2D eigenvalue weighted by Gasteiger charge is 2.32. The van der Waals surface area contributed by atoms with Crippen molar-refractivity contribution in [3.05, 3.63) is 16.7 Å². The van der Waals surface area contributed by atoms with E-state index in [0.717, 1.165) is 49.7 Å². The van der Waals surface area contributed by atoms with Gasteiger partial charge in [-0.2, -0.15) is 17.0 Å². The summed E-state index contributed by atoms with van der Waals surface area (Å²) in [6.07, 6.45) is 3.14. The number of fused-ring (bicyclic) bond motifs is 1. The highest BCUT2D eigenvalue weighted by molar-refractivity contribution is 7.99. The third-order valence-corrected chi connectivity index (χ3v) is 5.77. The number of hydrogen-bond donors (Lipinski definition) is 1. The first-order valence-electron chi connectivity index (χ1n) is 7.49. The highest BCUT2D eigenvalue weighted by atomic mass is 32.2. The van der Waals surface area contributed by atoms with E-state index in [-0.39, 0.29) is 5.41 Å². The van der Waals surface area contributed by atoms with Crippen molar-refractivity contribution < 1.29 is 0 Å². The van der Waals surface area contributed by atoms with E-state index in [9.17, 15) is 5.26 Å². The Morgan fingerprint density at radius 2 is 2.00 bits per heavy atom. The lowest BCUT2D eigenvalue weighted by Crippen LogP contribution is -2.35. The number of thiol groups is 1. The molecule has 0 N–H and O–H groups in total. The Morgan fingerprint density at radius 1 is 1.29 bits per heavy atom. The van der Waals surface area contributed by atoms with Gasteiger partial charge in [0.25, 0.3) is 0 Å². The van der Waals surface area contributed by atoms with Gasteiger partial charge in [-0.15, -0.1) is 12.6 Å². The Bertz CT molecular complexity index is 599. The maximum atomic E-state index is 9.49. The molecule has 0 saturated carbocycles. The van der Waals surface area contributed by atoms with Crippen molar-refractivity contribution in [2.75, 3.05) is 29.5 Å². The minimum Gasteiger partial charge on any atom is -0.355 e. The van der Waals surface area contributed by atoms with Gasteiger partial charge in [-0.05, 0) is 35.8 Å². The van der Waals surface area contributed by atoms with Gasteiger partial charge in [0, 0.05) is 24.6 Å². The van der Waals surface area contributed by atoms with Crippen molar-refractivity contribution in [3.8, 4) is 6.07 Å². The molecule has 2 aliphatic rings. The fourth-order valence-corrected chi connectivity index (χ4v) is 4.47. The Balaban J connectivity index is 2.10. The second kappa shape index (κ2) is 5.73. The van der Waals surface area contributed by atoms with Crippen LogP contribution in [0.4, 0.5) is 5.82 Å². The smallest absolute Gasteiger partial charge is 0.133 e. The van der Waals surface area contributed by atoms with E-state index in [1.54, 1.807) is 0 Å². The quantitative estimate of drug-likeness (QED) is 0.806. The molecule has 0 unspecified atom stereocenters. The van der Waals surface area contributed by atoms with Gasteiger partial charge < -0.3 is 4.90 Å². The summed E-state index contributed by atoms with van der Waals surface area (Å²) < 4.78 is 0. The van der Waals surface area contributed by atoms with Gasteiger partial charge in [-0.3, -0.25) is 0 Å². The average molecular weight is 319 g/mol. The number of hydrogen-bond acceptors (Lipinski definition) is 5. The summed E-state index contributed by atoms with van der Waals surface area (Å²) in [5.74, 6) is 3.40. The fraction of sp³-hybridized carbons (Fsp3) is 0.625. The molecular weight excluding hydrogens is 298 g/mol. The van der Waals surface area contributed by atoms with Crippen LogP contribution in [0.1, 0.15) is 37.0 Å². The summed E-state index contributed by atoms with van der Waals surface area (Å²) in [6.45, 7) is 6.67. The molecule has 3 nitrogen and oxygen atoms in total. The third kappa shape index (κ3) is 2.89. The maximum absolute atomic E-state index is 9.49. The number of nitriles is 1. The minimum absolute atomic E-state index is 0.259. The molecule has 0 radical (unpaired) electrons. The van der Waals surface area contributed by atoms with Gasteiger partial charge in [0.1, 0.15) is 16.9 Å². The summed E-state index contributed by atoms with van der Waals surface area (Å²) >= 11 is 6.49. The SMILES string of the molecule is CC1(C)CCc2c(N3CCSCC3)nc(S)c(C#N)c2C1. The Hall–Kier alpha value is -0.860. The summed E-state index contributed by atoms with van der Waals surface area (Å²) in [5, 5.41) is 10.1. The molecule has 1 fully saturated rings. The van der Waals surface area contributed by atoms with Gasteiger partial charge in [-0.25, -0.2) is 4.98 Å². The molecular formula is C16H21N3S2. The zero-order valence-electron chi connectivity index (χ0n) is 12.6. The van der Waals surface area contributed by atoms with Crippen LogP contribution in [0.25, 0.3) is 0 Å². The zero-order valence-corrected chi connectivity index (χ0v) is 14.4. The van der Waals surface area contributed by atoms with E-state index in [0.29, 0.717) is 10.6 Å². The number of aromatic nitrogens is 1. The molecule has 0 atom stereocenters. The summed E-state index contributed by atoms with van der Waals surface area (Å²) in [6, 6.07) is 2.33. The van der Waals surface area contributed by atoms with Gasteiger partial charge in [0.2, 0.25) is 0 Å². The zero-order chi connectivity index (χ0) is 15.0. The molecule has 0 amide bonds. The Kier molecular flexibility index (Phi) is 4.11. The number of pyridine rings is 1. The predicted octanol–water partition coefficient (Wildman–Crippen LogP) is 3.31. The second-order valence-corrected chi connectivity index (χ2v) is 8.29. The molecule has 1 aliphatic carbocycles. The predicted molar refractivity (Wildman–Crippen MR) is 91.5 cm³/mol. The van der Waals surface area contributed by atoms with Crippen LogP contribution in [-0.4, -0.2) is 29.6 Å². The minimum atomic E-state index is 0.259. The van der Waals surface area contributed by atoms with Crippen molar-refractivity contribution in [3.63, 3.8) is 0 Å². The van der Waals surface area contributed by atoms with Crippen molar-refractivity contribution >= 4 is 30.2 Å². The standard InChI is InChI=1S/C16H21N3S2/c1-16(2)4-3-11-12(9-16)13(10-17)15(20)18-14(11)19-5-7-21-8-6-19/h3-9H2,1-2H3,(H,18,20). The van der Waals surface area contributed by atoms with Gasteiger partial charge in [0.15, 0.2) is 0 Å². The topological polar surface area (TPSA) is 39.9 Å². The van der Waals surface area contributed by atoms with E-state index < -0.39 is 0 Å². The fourth-order valence-electron chi connectivity index (χ4n) is 3.29. The molecule has 0 bridgehead atoms. The Labute approximate surface area is 136 Å². The molecule has 3 rings (SSSR count). The van der Waals surface area contributed by atoms with Crippen molar-refractivity contribution in [1.29, 1.82) is 5.26 Å². The summed E-state index contributed by atoms with van der Waals surface area (Å²) in [7, 11) is 0. The molecule has 1 saturated heterocycles. The third-order valence-electron chi connectivity index (χ3n) is 4.50. The molecule has 5 heteroatoms. The molecule has 1 aromatic heterocycles. The van der Waals surface area contributed by atoms with Crippen LogP contribution in [0.15, 0.2) is 5.03 Å². The van der Waals surface area contributed by atoms with E-state index in [1.165, 1.54) is 11.1 Å². The van der Waals surface area contributed by atoms with Gasteiger partial charge in [-0.1, -0.05) is 13.8 Å². The van der Waals surface area contributed by atoms with E-state index in [2.05, 4.69) is 42.4 Å². The van der Waals surface area contributed by atoms with Gasteiger partial charge in [0.05, 0.1) is 5.56 Å². The molecule has 0 spiro atoms. The van der Waals surface area contributed by atoms with E-state index >= 15 is 0 Å². The van der Waals surface area contributed by atoms with Crippen LogP contribution in [-0.2, 0) is 12.8 Å². The Morgan fingerprint density at radius 3 is 2.67 bits per heavy atom. The van der Waals surface area contributed by atoms with Crippen LogP contribution < -0.4 is 4.90 Å². The monoisotopic (exact) mass is 319 g/mol. The maximum Gasteiger partial charge on any atom is 0.133 e. The summed E-state index contributed by atoms with van der Waals surface area (Å²) in [5.41, 5.74) is 3.45. The lowest BCUT2D eigenvalue weighted by Gasteiger charge is -2.36. The van der Waals surface area contributed by atoms with Crippen LogP contribution in [0.2, 0.25) is 0 Å². The molecule has 1 aliphatic heterocycles. The lowest BCUT2D eigenvalue weighted by molar-refractivity contribution is 0.314. The molecule has 112 valence electrons. The second-order valence-electron chi connectivity index (χ2n) is 6.64. The van der Waals surface area contributed by atoms with Gasteiger partial charge >= 0.3 is 0 Å². The van der Waals surface area contributed by atoms with Crippen LogP contribution in [0.3, 0.4) is 0 Å². The first-order valence-corrected chi connectivity index (χ1v) is 9.09. The largest absolute Gasteiger partial charge is 0.355 e. The van der Waals surface area contributed by atoms with Crippen LogP contribution >= 0.6 is 24.4 Å². The van der Waals surface area contributed by atoms with Crippen molar-refractivity contribution in [1.82, 2.24) is 4.98 Å². The van der Waals surface area contributed by atoms with Crippen molar-refractivity contribution in [2.24, 2.45) is 5.41 Å². The first kappa shape index (κ1) is 15.1. The lowest BCUT2D eigenvalue weighted by atomic mass is 9.73. The molecule has 1 aromatic rings. The molecule has 21 heavy (non-hydrogen) atoms. The number of thioether (sulfide) groups is 1. The molecule has 0 aromatic carbocycles. The first-order chi connectivity index (χ1) is 10.0. The van der Waals surface area contributed by atoms with E-state index in [1.807, 2.05) is 11.8 Å². The van der Waals surface area contributed by atoms with Crippen LogP contribution in [0.5, 0.6) is 0 Å². The number of rotatable bonds is 1. The van der Waals surface area contributed by atoms with E-state index in [4.69, 9.17) is 0 Å². The average Bonchev–Trinajstić information content (AvgIpc) is 2.46. The van der Waals surface area contributed by atoms with Crippen molar-refractivity contribution in [2.45, 2.75) is 38.1 Å². The highest BCUT2D eigenvalue weighted by Crippen LogP contribution is 2.41. The summed E-state index contributed by atoms with van der Waals surface area (Å²) in [4.78, 5) is 7.07. The number of anilines is 1. The normalized spacial score (nSPS) is 20.8. The molecule has 2 heterocycles. The number of nitrogens with zero attached hydrogens (tertiary/aromatic N) is 3. The van der Waals surface area contributed by atoms with Crippen LogP contribution in [0, 0.1) is 16.7 Å².